The van der Waals surface area contributed by atoms with Crippen LogP contribution in [0.1, 0.15) is 84.5 Å². The Bertz CT molecular complexity index is 661. The third-order valence-corrected chi connectivity index (χ3v) is 10.3. The first-order chi connectivity index (χ1) is 13.5. The molecule has 0 radical (unpaired) electrons. The van der Waals surface area contributed by atoms with Crippen molar-refractivity contribution in [1.82, 2.24) is 0 Å². The molecule has 4 aliphatic carbocycles. The first-order valence-electron chi connectivity index (χ1n) is 12.1. The predicted octanol–water partition coefficient (Wildman–Crippen LogP) is 5.63. The van der Waals surface area contributed by atoms with E-state index in [0.29, 0.717) is 16.9 Å². The Morgan fingerprint density at radius 2 is 1.86 bits per heavy atom. The molecule has 8 atom stereocenters. The lowest BCUT2D eigenvalue weighted by Crippen LogP contribution is -2.52. The van der Waals surface area contributed by atoms with Crippen LogP contribution in [0.2, 0.25) is 0 Å². The van der Waals surface area contributed by atoms with Crippen LogP contribution in [-0.4, -0.2) is 31.2 Å². The number of rotatable bonds is 2. The molecule has 2 saturated heterocycles. The van der Waals surface area contributed by atoms with Crippen molar-refractivity contribution in [2.75, 3.05) is 13.2 Å². The summed E-state index contributed by atoms with van der Waals surface area (Å²) in [6.07, 6.45) is 17.1. The minimum Gasteiger partial charge on any atom is -0.369 e. The normalized spacial score (nSPS) is 55.2. The van der Waals surface area contributed by atoms with Gasteiger partial charge < -0.3 is 14.2 Å². The summed E-state index contributed by atoms with van der Waals surface area (Å²) < 4.78 is 18.3. The molecule has 3 saturated carbocycles. The molecule has 0 bridgehead atoms. The Morgan fingerprint density at radius 1 is 1.00 bits per heavy atom. The van der Waals surface area contributed by atoms with Crippen molar-refractivity contribution in [1.29, 1.82) is 0 Å². The van der Waals surface area contributed by atoms with Gasteiger partial charge in [0.15, 0.2) is 6.29 Å². The van der Waals surface area contributed by atoms with Gasteiger partial charge in [0, 0.05) is 12.0 Å². The molecular weight excluding hydrogens is 348 g/mol. The van der Waals surface area contributed by atoms with E-state index in [4.69, 9.17) is 14.2 Å². The van der Waals surface area contributed by atoms with E-state index in [-0.39, 0.29) is 11.9 Å². The van der Waals surface area contributed by atoms with Crippen molar-refractivity contribution in [2.45, 2.75) is 102 Å². The topological polar surface area (TPSA) is 31.0 Å². The molecule has 3 heteroatoms. The van der Waals surface area contributed by atoms with Crippen molar-refractivity contribution in [3.63, 3.8) is 0 Å². The van der Waals surface area contributed by atoms with Gasteiger partial charge in [-0.15, -0.1) is 0 Å². The average molecular weight is 387 g/mol. The summed E-state index contributed by atoms with van der Waals surface area (Å²) in [6, 6.07) is 0. The lowest BCUT2D eigenvalue weighted by atomic mass is 9.47. The Morgan fingerprint density at radius 3 is 2.64 bits per heavy atom. The van der Waals surface area contributed by atoms with Crippen molar-refractivity contribution in [3.8, 4) is 0 Å². The summed E-state index contributed by atoms with van der Waals surface area (Å²) >= 11 is 0. The zero-order valence-corrected chi connectivity index (χ0v) is 17.9. The third-order valence-electron chi connectivity index (χ3n) is 10.3. The summed E-state index contributed by atoms with van der Waals surface area (Å²) in [4.78, 5) is 0. The maximum atomic E-state index is 6.40. The minimum absolute atomic E-state index is 0.0589. The lowest BCUT2D eigenvalue weighted by molar-refractivity contribution is -0.195. The van der Waals surface area contributed by atoms with Gasteiger partial charge in [-0.25, -0.2) is 0 Å². The summed E-state index contributed by atoms with van der Waals surface area (Å²) in [6.45, 7) is 7.10. The molecule has 3 nitrogen and oxygen atoms in total. The zero-order chi connectivity index (χ0) is 19.0. The maximum Gasteiger partial charge on any atom is 0.157 e. The molecule has 156 valence electrons. The molecule has 0 aromatic carbocycles. The molecule has 2 aliphatic heterocycles. The van der Waals surface area contributed by atoms with E-state index in [0.717, 1.165) is 43.8 Å². The zero-order valence-electron chi connectivity index (χ0n) is 17.9. The highest BCUT2D eigenvalue weighted by Gasteiger charge is 2.69. The number of allylic oxidation sites excluding steroid dienone is 1. The monoisotopic (exact) mass is 386 g/mol. The van der Waals surface area contributed by atoms with Crippen LogP contribution in [-0.2, 0) is 14.2 Å². The molecule has 0 aromatic heterocycles. The number of ether oxygens (including phenoxy) is 3. The SMILES string of the molecule is C[C@]12CC[C@@H](O[C@@H]3CCCCO3)CC1=CC[C@@H]1[C@H]3CC[C@@]4(CO4)[C@@]3(C)CC[C@@H]12. The fourth-order valence-corrected chi connectivity index (χ4v) is 8.43. The van der Waals surface area contributed by atoms with Gasteiger partial charge in [0.2, 0.25) is 0 Å². The van der Waals surface area contributed by atoms with Crippen LogP contribution in [0.15, 0.2) is 11.6 Å². The summed E-state index contributed by atoms with van der Waals surface area (Å²) in [7, 11) is 0. The quantitative estimate of drug-likeness (QED) is 0.455. The first-order valence-corrected chi connectivity index (χ1v) is 12.1. The number of hydrogen-bond donors (Lipinski definition) is 0. The minimum atomic E-state index is 0.0589. The Labute approximate surface area is 170 Å². The number of hydrogen-bond acceptors (Lipinski definition) is 3. The third kappa shape index (κ3) is 2.51. The molecule has 0 unspecified atom stereocenters. The van der Waals surface area contributed by atoms with Crippen LogP contribution in [0.3, 0.4) is 0 Å². The first kappa shape index (κ1) is 18.4. The number of fused-ring (bicyclic) bond motifs is 6. The molecule has 28 heavy (non-hydrogen) atoms. The van der Waals surface area contributed by atoms with Crippen molar-refractivity contribution >= 4 is 0 Å². The molecule has 2 heterocycles. The van der Waals surface area contributed by atoms with Crippen molar-refractivity contribution in [2.24, 2.45) is 28.6 Å². The van der Waals surface area contributed by atoms with Crippen LogP contribution in [0, 0.1) is 28.6 Å². The van der Waals surface area contributed by atoms with E-state index in [2.05, 4.69) is 19.9 Å². The van der Waals surface area contributed by atoms with E-state index >= 15 is 0 Å². The van der Waals surface area contributed by atoms with Crippen LogP contribution in [0.25, 0.3) is 0 Å². The van der Waals surface area contributed by atoms with E-state index in [1.54, 1.807) is 5.57 Å². The van der Waals surface area contributed by atoms with Gasteiger partial charge in [-0.1, -0.05) is 25.5 Å². The van der Waals surface area contributed by atoms with Crippen molar-refractivity contribution < 1.29 is 14.2 Å². The van der Waals surface area contributed by atoms with Crippen LogP contribution < -0.4 is 0 Å². The highest BCUT2D eigenvalue weighted by atomic mass is 16.7. The molecule has 5 fully saturated rings. The Balaban J connectivity index is 1.20. The predicted molar refractivity (Wildman–Crippen MR) is 109 cm³/mol. The van der Waals surface area contributed by atoms with Gasteiger partial charge in [0.1, 0.15) is 0 Å². The van der Waals surface area contributed by atoms with Crippen LogP contribution in [0.5, 0.6) is 0 Å². The molecule has 6 aliphatic rings. The van der Waals surface area contributed by atoms with Gasteiger partial charge >= 0.3 is 0 Å². The highest BCUT2D eigenvalue weighted by molar-refractivity contribution is 5.27. The van der Waals surface area contributed by atoms with E-state index in [1.807, 2.05) is 0 Å². The van der Waals surface area contributed by atoms with Gasteiger partial charge in [-0.3, -0.25) is 0 Å². The van der Waals surface area contributed by atoms with Gasteiger partial charge in [-0.2, -0.15) is 0 Å². The van der Waals surface area contributed by atoms with E-state index < -0.39 is 0 Å². The molecule has 1 spiro atoms. The number of epoxide rings is 1. The molecule has 0 N–H and O–H groups in total. The second kappa shape index (κ2) is 6.31. The van der Waals surface area contributed by atoms with Gasteiger partial charge in [-0.05, 0) is 93.8 Å². The second-order valence-electron chi connectivity index (χ2n) is 11.3. The fourth-order valence-electron chi connectivity index (χ4n) is 8.43. The summed E-state index contributed by atoms with van der Waals surface area (Å²) in [5.74, 6) is 2.65. The summed E-state index contributed by atoms with van der Waals surface area (Å²) in [5.41, 5.74) is 2.87. The van der Waals surface area contributed by atoms with Crippen molar-refractivity contribution in [3.05, 3.63) is 11.6 Å². The smallest absolute Gasteiger partial charge is 0.157 e. The molecule has 0 aromatic rings. The lowest BCUT2D eigenvalue weighted by Gasteiger charge is -2.58. The molecule has 6 rings (SSSR count). The van der Waals surface area contributed by atoms with Gasteiger partial charge in [0.05, 0.1) is 18.3 Å². The van der Waals surface area contributed by atoms with Crippen LogP contribution in [0.4, 0.5) is 0 Å². The Hall–Kier alpha value is -0.380. The van der Waals surface area contributed by atoms with E-state index in [1.165, 1.54) is 57.8 Å². The largest absolute Gasteiger partial charge is 0.369 e. The summed E-state index contributed by atoms with van der Waals surface area (Å²) in [5, 5.41) is 0. The Kier molecular flexibility index (Phi) is 4.15. The second-order valence-corrected chi connectivity index (χ2v) is 11.3. The van der Waals surface area contributed by atoms with Gasteiger partial charge in [0.25, 0.3) is 0 Å². The molecular formula is C25H38O3. The fraction of sp³-hybridized carbons (Fsp3) is 0.920. The molecule has 0 amide bonds. The van der Waals surface area contributed by atoms with Crippen LogP contribution >= 0.6 is 0 Å². The maximum absolute atomic E-state index is 6.40. The highest BCUT2D eigenvalue weighted by Crippen LogP contribution is 2.70. The average Bonchev–Trinajstić information content (AvgIpc) is 3.43. The standard InChI is InChI=1S/C25H38O3/c1-23-11-8-18(28-22-5-3-4-14-26-22)15-17(23)6-7-19-20(23)9-12-24(2)21(19)10-13-25(24)16-27-25/h6,18-22H,3-5,7-16H2,1-2H3/t18-,19+,20+,21-,22-,23+,24+,25-/m1/s1. The van der Waals surface area contributed by atoms with E-state index in [9.17, 15) is 0 Å².